The van der Waals surface area contributed by atoms with Crippen LogP contribution >= 0.6 is 0 Å². The van der Waals surface area contributed by atoms with Crippen LogP contribution in [-0.4, -0.2) is 126 Å². The second kappa shape index (κ2) is 26.5. The number of benzene rings is 6. The van der Waals surface area contributed by atoms with Gasteiger partial charge in [-0.3, -0.25) is 4.90 Å². The Morgan fingerprint density at radius 3 is 0.921 bits per heavy atom. The second-order valence-electron chi connectivity index (χ2n) is 18.6. The van der Waals surface area contributed by atoms with Crippen molar-refractivity contribution in [1.82, 2.24) is 20.9 Å². The molecule has 0 spiro atoms. The summed E-state index contributed by atoms with van der Waals surface area (Å²) >= 11 is 0. The molecule has 1 aliphatic carbocycles. The molecule has 6 aromatic rings. The summed E-state index contributed by atoms with van der Waals surface area (Å²) in [5.74, 6) is 8.03. The van der Waals surface area contributed by atoms with Gasteiger partial charge in [-0.15, -0.1) is 0 Å². The van der Waals surface area contributed by atoms with Crippen molar-refractivity contribution >= 4 is 0 Å². The van der Waals surface area contributed by atoms with Gasteiger partial charge in [0.2, 0.25) is 0 Å². The summed E-state index contributed by atoms with van der Waals surface area (Å²) in [6.45, 7) is 8.41. The third-order valence-corrected chi connectivity index (χ3v) is 14.0. The number of ether oxygens (including phenoxy) is 12. The van der Waals surface area contributed by atoms with Crippen LogP contribution in [0, 0.1) is 0 Å². The summed E-state index contributed by atoms with van der Waals surface area (Å²) in [6, 6.07) is 30.1. The van der Waals surface area contributed by atoms with E-state index in [-0.39, 0.29) is 19.8 Å². The van der Waals surface area contributed by atoms with Crippen LogP contribution in [0.15, 0.2) is 91.0 Å². The van der Waals surface area contributed by atoms with Gasteiger partial charge in [-0.25, -0.2) is 0 Å². The minimum atomic E-state index is 0.274. The number of hydrogen-bond donors (Lipinski definition) is 3. The summed E-state index contributed by atoms with van der Waals surface area (Å²) in [5.41, 5.74) is 9.17. The van der Waals surface area contributed by atoms with Crippen molar-refractivity contribution in [2.45, 2.75) is 38.9 Å². The Morgan fingerprint density at radius 2 is 0.632 bits per heavy atom. The highest BCUT2D eigenvalue weighted by Crippen LogP contribution is 2.45. The highest BCUT2D eigenvalue weighted by molar-refractivity contribution is 5.62. The maximum Gasteiger partial charge on any atom is 0.164 e. The third-order valence-electron chi connectivity index (χ3n) is 14.0. The molecule has 16 heteroatoms. The fourth-order valence-electron chi connectivity index (χ4n) is 10.1. The number of hydrogen-bond acceptors (Lipinski definition) is 16. The standard InChI is InChI=1S/C60H72N4O12/c1-65-55-34-46-13-7-43(55)37-61-19-22-64-23-20-62-38-44-8-14-47(35-56(44)66-2)72-26-29-75-53-17-11-41-31-49-40(10-16-52(58(49)68-4)74-28-25-71-46)32-50-42(33-51(41)60(53)70-6)12-18-54(59(50)69-5)76-30-27-73-48-15-9-45(39-63-21-24-64)57(36-48)67-3/h7-18,34-36,61-63H,19-33,37-39H2,1-6H3. The van der Waals surface area contributed by atoms with Gasteiger partial charge in [-0.05, 0) is 53.1 Å². The Morgan fingerprint density at radius 1 is 0.342 bits per heavy atom. The number of nitrogens with zero attached hydrogens (tertiary/aromatic N) is 1. The van der Waals surface area contributed by atoms with E-state index in [1.165, 1.54) is 0 Å². The molecule has 0 amide bonds. The molecule has 0 saturated carbocycles. The molecule has 404 valence electrons. The molecule has 0 aromatic heterocycles. The van der Waals surface area contributed by atoms with Crippen LogP contribution in [0.5, 0.6) is 69.0 Å². The molecule has 0 radical (unpaired) electrons. The Hall–Kier alpha value is -7.24. The summed E-state index contributed by atoms with van der Waals surface area (Å²) in [7, 11) is 10.1. The molecule has 76 heavy (non-hydrogen) atoms. The first-order chi connectivity index (χ1) is 37.4. The van der Waals surface area contributed by atoms with Gasteiger partial charge in [-0.2, -0.15) is 0 Å². The fraction of sp³-hybridized carbons (Fsp3) is 0.400. The van der Waals surface area contributed by atoms with E-state index in [1.54, 1.807) is 42.7 Å². The van der Waals surface area contributed by atoms with Gasteiger partial charge in [0.1, 0.15) is 74.1 Å². The number of nitrogens with one attached hydrogen (secondary N) is 3. The summed E-state index contributed by atoms with van der Waals surface area (Å²) < 4.78 is 74.7. The molecule has 0 unspecified atom stereocenters. The molecule has 12 heterocycles. The summed E-state index contributed by atoms with van der Waals surface area (Å²) in [4.78, 5) is 2.45. The van der Waals surface area contributed by atoms with E-state index >= 15 is 0 Å². The predicted molar refractivity (Wildman–Crippen MR) is 291 cm³/mol. The van der Waals surface area contributed by atoms with Crippen molar-refractivity contribution < 1.29 is 56.8 Å². The van der Waals surface area contributed by atoms with Crippen LogP contribution in [-0.2, 0) is 38.9 Å². The van der Waals surface area contributed by atoms with E-state index in [0.717, 1.165) is 107 Å². The smallest absolute Gasteiger partial charge is 0.164 e. The van der Waals surface area contributed by atoms with Crippen LogP contribution in [0.1, 0.15) is 50.1 Å². The van der Waals surface area contributed by atoms with Gasteiger partial charge in [0.15, 0.2) is 34.5 Å². The van der Waals surface area contributed by atoms with Gasteiger partial charge in [0.05, 0.1) is 42.7 Å². The zero-order valence-electron chi connectivity index (χ0n) is 44.7. The summed E-state index contributed by atoms with van der Waals surface area (Å²) in [5, 5.41) is 11.0. The second-order valence-corrected chi connectivity index (χ2v) is 18.6. The van der Waals surface area contributed by atoms with E-state index in [4.69, 9.17) is 56.8 Å². The van der Waals surface area contributed by atoms with Crippen molar-refractivity contribution in [2.75, 3.05) is 122 Å². The van der Waals surface area contributed by atoms with Gasteiger partial charge >= 0.3 is 0 Å². The Bertz CT molecular complexity index is 2590. The van der Waals surface area contributed by atoms with E-state index in [1.807, 2.05) is 72.8 Å². The molecule has 6 aromatic carbocycles. The number of rotatable bonds is 6. The molecule has 16 bridgehead atoms. The topological polar surface area (TPSA) is 150 Å². The van der Waals surface area contributed by atoms with Gasteiger partial charge < -0.3 is 72.8 Å². The molecule has 19 rings (SSSR count). The van der Waals surface area contributed by atoms with E-state index in [0.29, 0.717) is 110 Å². The quantitative estimate of drug-likeness (QED) is 0.149. The third kappa shape index (κ3) is 13.0. The zero-order chi connectivity index (χ0) is 52.6. The maximum absolute atomic E-state index is 6.49. The largest absolute Gasteiger partial charge is 0.496 e. The molecule has 3 N–H and O–H groups in total. The lowest BCUT2D eigenvalue weighted by molar-refractivity contribution is 0.210. The number of methoxy groups -OCH3 is 6. The molecule has 13 aliphatic rings. The van der Waals surface area contributed by atoms with Crippen molar-refractivity contribution in [2.24, 2.45) is 0 Å². The Kier molecular flexibility index (Phi) is 18.7. The lowest BCUT2D eigenvalue weighted by atomic mass is 9.93. The van der Waals surface area contributed by atoms with Gasteiger partial charge in [-0.1, -0.05) is 36.4 Å². The van der Waals surface area contributed by atoms with Gasteiger partial charge in [0.25, 0.3) is 0 Å². The fourth-order valence-corrected chi connectivity index (χ4v) is 10.1. The normalized spacial score (nSPS) is 16.0. The van der Waals surface area contributed by atoms with Crippen LogP contribution in [0.3, 0.4) is 0 Å². The maximum atomic E-state index is 6.49. The van der Waals surface area contributed by atoms with E-state index in [2.05, 4.69) is 39.0 Å². The zero-order valence-corrected chi connectivity index (χ0v) is 44.7. The molecular weight excluding hydrogens is 969 g/mol. The van der Waals surface area contributed by atoms with E-state index < -0.39 is 0 Å². The molecule has 0 fully saturated rings. The Labute approximate surface area is 446 Å². The molecule has 0 atom stereocenters. The highest BCUT2D eigenvalue weighted by atomic mass is 16.6. The molecular formula is C60H72N4O12. The SMILES string of the molecule is COc1cc2ccc1CNCCN1CCNCc3ccc(cc3OC)OCCOc3ccc4c(c3OC)Cc3ccc(c(OC)c3Cc3ccc(c(OC)c3C4)OCCO2)OCCOc2ccc(c(OC)c2)CNCC1. The minimum Gasteiger partial charge on any atom is -0.496 e. The van der Waals surface area contributed by atoms with Crippen molar-refractivity contribution in [3.8, 4) is 69.0 Å². The lowest BCUT2D eigenvalue weighted by Gasteiger charge is -2.23. The van der Waals surface area contributed by atoms with Crippen molar-refractivity contribution in [1.29, 1.82) is 0 Å². The highest BCUT2D eigenvalue weighted by Gasteiger charge is 2.27. The predicted octanol–water partition coefficient (Wildman–Crippen LogP) is 7.80. The Balaban J connectivity index is 1.11. The van der Waals surface area contributed by atoms with Crippen LogP contribution in [0.4, 0.5) is 0 Å². The minimum absolute atomic E-state index is 0.274. The average molecular weight is 1040 g/mol. The van der Waals surface area contributed by atoms with Crippen molar-refractivity contribution in [3.63, 3.8) is 0 Å². The van der Waals surface area contributed by atoms with Gasteiger partial charge in [0, 0.05) is 130 Å². The van der Waals surface area contributed by atoms with Crippen LogP contribution in [0.2, 0.25) is 0 Å². The monoisotopic (exact) mass is 1040 g/mol. The average Bonchev–Trinajstić information content (AvgIpc) is 3.51. The lowest BCUT2D eigenvalue weighted by Crippen LogP contribution is -2.40. The van der Waals surface area contributed by atoms with Crippen molar-refractivity contribution in [3.05, 3.63) is 141 Å². The first-order valence-electron chi connectivity index (χ1n) is 26.1. The molecule has 16 nitrogen and oxygen atoms in total. The van der Waals surface area contributed by atoms with Crippen LogP contribution < -0.4 is 72.8 Å². The van der Waals surface area contributed by atoms with Crippen LogP contribution in [0.25, 0.3) is 0 Å². The first kappa shape index (κ1) is 53.6. The van der Waals surface area contributed by atoms with E-state index in [9.17, 15) is 0 Å². The summed E-state index contributed by atoms with van der Waals surface area (Å²) in [6.07, 6.45) is 1.56. The molecule has 0 saturated heterocycles. The molecule has 12 aliphatic heterocycles. The first-order valence-corrected chi connectivity index (χ1v) is 26.1.